The lowest BCUT2D eigenvalue weighted by atomic mass is 9.86. The highest BCUT2D eigenvalue weighted by molar-refractivity contribution is 5.90. The van der Waals surface area contributed by atoms with Gasteiger partial charge in [0.1, 0.15) is 5.82 Å². The summed E-state index contributed by atoms with van der Waals surface area (Å²) in [6.45, 7) is 0.507. The summed E-state index contributed by atoms with van der Waals surface area (Å²) in [5, 5.41) is 19.5. The van der Waals surface area contributed by atoms with Crippen molar-refractivity contribution in [3.05, 3.63) is 11.6 Å². The second kappa shape index (κ2) is 5.28. The largest absolute Gasteiger partial charge is 0.393 e. The normalized spacial score (nSPS) is 27.2. The number of carbonyl (C=O) groups excluding carboxylic acids is 1. The van der Waals surface area contributed by atoms with Crippen LogP contribution in [0.25, 0.3) is 0 Å². The van der Waals surface area contributed by atoms with Gasteiger partial charge in [0.2, 0.25) is 5.82 Å². The average molecular weight is 264 g/mol. The molecular weight excluding hydrogens is 244 g/mol. The van der Waals surface area contributed by atoms with Crippen molar-refractivity contribution in [3.63, 3.8) is 0 Å². The number of H-pyrrole nitrogens is 1. The summed E-state index contributed by atoms with van der Waals surface area (Å²) in [5.74, 6) is 1.42. The first-order chi connectivity index (χ1) is 9.24. The number of nitrogens with zero attached hydrogens (tertiary/aromatic N) is 2. The molecule has 6 nitrogen and oxygen atoms in total. The maximum atomic E-state index is 11.9. The van der Waals surface area contributed by atoms with Crippen LogP contribution in [-0.2, 0) is 0 Å². The van der Waals surface area contributed by atoms with Gasteiger partial charge < -0.3 is 10.4 Å². The van der Waals surface area contributed by atoms with E-state index >= 15 is 0 Å². The smallest absolute Gasteiger partial charge is 0.290 e. The predicted molar refractivity (Wildman–Crippen MR) is 68.7 cm³/mol. The zero-order valence-electron chi connectivity index (χ0n) is 10.9. The van der Waals surface area contributed by atoms with E-state index in [0.29, 0.717) is 12.5 Å². The second-order valence-electron chi connectivity index (χ2n) is 5.64. The second-order valence-corrected chi connectivity index (χ2v) is 5.64. The Morgan fingerprint density at radius 2 is 2.11 bits per heavy atom. The van der Waals surface area contributed by atoms with Crippen molar-refractivity contribution < 1.29 is 9.90 Å². The molecule has 3 N–H and O–H groups in total. The molecule has 2 unspecified atom stereocenters. The monoisotopic (exact) mass is 264 g/mol. The van der Waals surface area contributed by atoms with Gasteiger partial charge in [-0.05, 0) is 25.7 Å². The van der Waals surface area contributed by atoms with Crippen molar-refractivity contribution in [1.82, 2.24) is 20.5 Å². The van der Waals surface area contributed by atoms with Crippen LogP contribution in [0.1, 0.15) is 60.9 Å². The summed E-state index contributed by atoms with van der Waals surface area (Å²) in [7, 11) is 0. The van der Waals surface area contributed by atoms with E-state index in [4.69, 9.17) is 0 Å². The quantitative estimate of drug-likeness (QED) is 0.755. The van der Waals surface area contributed by atoms with E-state index in [0.717, 1.165) is 44.3 Å². The summed E-state index contributed by atoms with van der Waals surface area (Å²) in [6.07, 6.45) is 6.00. The van der Waals surface area contributed by atoms with Gasteiger partial charge in [0, 0.05) is 18.4 Å². The van der Waals surface area contributed by atoms with Gasteiger partial charge in [-0.2, -0.15) is 0 Å². The summed E-state index contributed by atoms with van der Waals surface area (Å²) >= 11 is 0. The fourth-order valence-electron chi connectivity index (χ4n) is 2.64. The first-order valence-corrected chi connectivity index (χ1v) is 7.12. The Labute approximate surface area is 112 Å². The average Bonchev–Trinajstić information content (AvgIpc) is 3.15. The fourth-order valence-corrected chi connectivity index (χ4v) is 2.64. The number of hydrogen-bond acceptors (Lipinski definition) is 4. The van der Waals surface area contributed by atoms with Crippen molar-refractivity contribution in [2.45, 2.75) is 50.5 Å². The number of nitrogens with one attached hydrogen (secondary N) is 2. The highest BCUT2D eigenvalue weighted by Gasteiger charge is 2.28. The van der Waals surface area contributed by atoms with Crippen LogP contribution in [0, 0.1) is 5.92 Å². The van der Waals surface area contributed by atoms with E-state index in [1.165, 1.54) is 0 Å². The first kappa shape index (κ1) is 12.6. The number of aliphatic hydroxyl groups is 1. The Hall–Kier alpha value is -1.43. The Morgan fingerprint density at radius 3 is 2.84 bits per heavy atom. The summed E-state index contributed by atoms with van der Waals surface area (Å²) < 4.78 is 0. The predicted octanol–water partition coefficient (Wildman–Crippen LogP) is 0.963. The number of hydrogen-bond donors (Lipinski definition) is 3. The zero-order chi connectivity index (χ0) is 13.2. The maximum Gasteiger partial charge on any atom is 0.290 e. The molecule has 0 bridgehead atoms. The number of amides is 1. The number of aromatic amines is 1. The highest BCUT2D eigenvalue weighted by Crippen LogP contribution is 2.37. The van der Waals surface area contributed by atoms with Crippen molar-refractivity contribution in [2.24, 2.45) is 5.92 Å². The highest BCUT2D eigenvalue weighted by atomic mass is 16.3. The van der Waals surface area contributed by atoms with Gasteiger partial charge >= 0.3 is 0 Å². The summed E-state index contributed by atoms with van der Waals surface area (Å²) in [4.78, 5) is 16.1. The third kappa shape index (κ3) is 2.94. The molecule has 6 heteroatoms. The minimum atomic E-state index is -0.289. The van der Waals surface area contributed by atoms with E-state index in [9.17, 15) is 9.90 Å². The fraction of sp³-hybridized carbons (Fsp3) is 0.769. The molecule has 19 heavy (non-hydrogen) atoms. The van der Waals surface area contributed by atoms with Crippen molar-refractivity contribution in [2.75, 3.05) is 6.54 Å². The summed E-state index contributed by atoms with van der Waals surface area (Å²) in [6, 6.07) is 0. The standard InChI is InChI=1S/C13H20N4O2/c18-10-4-2-1-3-9(10)7-14-13(19)12-15-11(16-17-12)8-5-6-8/h8-10,18H,1-7H2,(H,14,19)(H,15,16,17). The van der Waals surface area contributed by atoms with Crippen LogP contribution in [0.2, 0.25) is 0 Å². The van der Waals surface area contributed by atoms with Crippen LogP contribution in [0.3, 0.4) is 0 Å². The lowest BCUT2D eigenvalue weighted by Gasteiger charge is -2.27. The molecule has 2 saturated carbocycles. The Kier molecular flexibility index (Phi) is 3.50. The molecule has 2 aliphatic rings. The van der Waals surface area contributed by atoms with Gasteiger partial charge in [0.15, 0.2) is 0 Å². The van der Waals surface area contributed by atoms with Crippen molar-refractivity contribution in [3.8, 4) is 0 Å². The lowest BCUT2D eigenvalue weighted by molar-refractivity contribution is 0.0660. The molecule has 1 heterocycles. The van der Waals surface area contributed by atoms with Crippen LogP contribution in [0.4, 0.5) is 0 Å². The summed E-state index contributed by atoms with van der Waals surface area (Å²) in [5.41, 5.74) is 0. The topological polar surface area (TPSA) is 90.9 Å². The molecule has 2 aliphatic carbocycles. The number of aliphatic hydroxyl groups excluding tert-OH is 1. The van der Waals surface area contributed by atoms with Crippen LogP contribution < -0.4 is 5.32 Å². The van der Waals surface area contributed by atoms with E-state index < -0.39 is 0 Å². The molecule has 2 atom stereocenters. The third-order valence-electron chi connectivity index (χ3n) is 4.06. The molecule has 1 aromatic heterocycles. The molecule has 0 aromatic carbocycles. The minimum absolute atomic E-state index is 0.166. The number of carbonyl (C=O) groups is 1. The van der Waals surface area contributed by atoms with Crippen LogP contribution in [0.5, 0.6) is 0 Å². The van der Waals surface area contributed by atoms with E-state index in [1.54, 1.807) is 0 Å². The Morgan fingerprint density at radius 1 is 1.32 bits per heavy atom. The molecule has 104 valence electrons. The number of aromatic nitrogens is 3. The third-order valence-corrected chi connectivity index (χ3v) is 4.06. The molecule has 0 saturated heterocycles. The van der Waals surface area contributed by atoms with E-state index in [-0.39, 0.29) is 23.8 Å². The molecule has 1 amide bonds. The van der Waals surface area contributed by atoms with Gasteiger partial charge in [-0.1, -0.05) is 12.8 Å². The van der Waals surface area contributed by atoms with E-state index in [1.807, 2.05) is 0 Å². The maximum absolute atomic E-state index is 11.9. The number of rotatable bonds is 4. The van der Waals surface area contributed by atoms with Gasteiger partial charge in [-0.3, -0.25) is 9.89 Å². The minimum Gasteiger partial charge on any atom is -0.393 e. The molecule has 0 radical (unpaired) electrons. The first-order valence-electron chi connectivity index (χ1n) is 7.12. The van der Waals surface area contributed by atoms with Crippen LogP contribution in [0.15, 0.2) is 0 Å². The lowest BCUT2D eigenvalue weighted by Crippen LogP contribution is -2.37. The van der Waals surface area contributed by atoms with Crippen LogP contribution >= 0.6 is 0 Å². The van der Waals surface area contributed by atoms with E-state index in [2.05, 4.69) is 20.5 Å². The van der Waals surface area contributed by atoms with Crippen molar-refractivity contribution in [1.29, 1.82) is 0 Å². The zero-order valence-corrected chi connectivity index (χ0v) is 10.9. The molecule has 0 spiro atoms. The van der Waals surface area contributed by atoms with Crippen molar-refractivity contribution >= 4 is 5.91 Å². The molecule has 0 aliphatic heterocycles. The van der Waals surface area contributed by atoms with Gasteiger partial charge in [0.25, 0.3) is 5.91 Å². The molecule has 2 fully saturated rings. The van der Waals surface area contributed by atoms with Gasteiger partial charge in [0.05, 0.1) is 6.10 Å². The SMILES string of the molecule is O=C(NCC1CCCCC1O)c1n[nH]c(C2CC2)n1. The Balaban J connectivity index is 1.52. The van der Waals surface area contributed by atoms with Crippen LogP contribution in [-0.4, -0.2) is 38.8 Å². The molecule has 1 aromatic rings. The molecular formula is C13H20N4O2. The van der Waals surface area contributed by atoms with Gasteiger partial charge in [-0.25, -0.2) is 4.98 Å². The van der Waals surface area contributed by atoms with Gasteiger partial charge in [-0.15, -0.1) is 5.10 Å². The Bertz CT molecular complexity index is 455. The molecule has 3 rings (SSSR count).